The fraction of sp³-hybridized carbons (Fsp3) is 0.0870. The minimum absolute atomic E-state index is 0.295. The maximum atomic E-state index is 12.3. The zero-order valence-corrected chi connectivity index (χ0v) is 16.4. The lowest BCUT2D eigenvalue weighted by molar-refractivity contribution is 0.262. The van der Waals surface area contributed by atoms with Gasteiger partial charge in [0, 0.05) is 29.8 Å². The predicted octanol–water partition coefficient (Wildman–Crippen LogP) is 5.27. The van der Waals surface area contributed by atoms with Crippen LogP contribution >= 0.6 is 0 Å². The summed E-state index contributed by atoms with van der Waals surface area (Å²) in [6.07, 6.45) is 6.10. The lowest BCUT2D eigenvalue weighted by atomic mass is 10.1. The molecule has 2 aromatic heterocycles. The molecule has 0 saturated carbocycles. The Balaban J connectivity index is 1.38. The number of aryl methyl sites for hydroxylation is 1. The van der Waals surface area contributed by atoms with Crippen LogP contribution in [0.25, 0.3) is 5.82 Å². The van der Waals surface area contributed by atoms with Crippen LogP contribution in [0.4, 0.5) is 16.2 Å². The van der Waals surface area contributed by atoms with Gasteiger partial charge in [-0.05, 0) is 54.4 Å². The number of rotatable bonds is 6. The van der Waals surface area contributed by atoms with Crippen molar-refractivity contribution in [2.45, 2.75) is 13.3 Å². The maximum absolute atomic E-state index is 12.3. The van der Waals surface area contributed by atoms with Crippen molar-refractivity contribution in [2.75, 3.05) is 10.6 Å². The molecule has 30 heavy (non-hydrogen) atoms. The number of carbonyl (C=O) groups is 1. The van der Waals surface area contributed by atoms with Gasteiger partial charge in [-0.15, -0.1) is 0 Å². The Morgan fingerprint density at radius 3 is 2.50 bits per heavy atom. The molecule has 2 aromatic carbocycles. The quantitative estimate of drug-likeness (QED) is 0.463. The summed E-state index contributed by atoms with van der Waals surface area (Å²) in [5, 5.41) is 5.71. The van der Waals surface area contributed by atoms with Gasteiger partial charge in [0.2, 0.25) is 5.88 Å². The van der Waals surface area contributed by atoms with E-state index in [1.54, 1.807) is 30.3 Å². The number of nitrogens with zero attached hydrogens (tertiary/aromatic N) is 3. The molecule has 0 aliphatic carbocycles. The molecule has 0 saturated heterocycles. The third kappa shape index (κ3) is 4.64. The summed E-state index contributed by atoms with van der Waals surface area (Å²) in [6, 6.07) is 20.1. The Bertz CT molecular complexity index is 1120. The zero-order chi connectivity index (χ0) is 20.8. The smallest absolute Gasteiger partial charge is 0.323 e. The Hall–Kier alpha value is -4.13. The molecule has 0 spiro atoms. The largest absolute Gasteiger partial charge is 0.439 e. The third-order valence-corrected chi connectivity index (χ3v) is 4.48. The van der Waals surface area contributed by atoms with E-state index in [1.807, 2.05) is 53.4 Å². The van der Waals surface area contributed by atoms with Gasteiger partial charge in [-0.2, -0.15) is 0 Å². The average molecular weight is 399 g/mol. The van der Waals surface area contributed by atoms with Crippen molar-refractivity contribution in [3.8, 4) is 17.4 Å². The Kier molecular flexibility index (Phi) is 5.70. The summed E-state index contributed by atoms with van der Waals surface area (Å²) in [7, 11) is 0. The summed E-state index contributed by atoms with van der Waals surface area (Å²) in [4.78, 5) is 20.7. The molecule has 0 unspecified atom stereocenters. The van der Waals surface area contributed by atoms with Crippen LogP contribution in [0.3, 0.4) is 0 Å². The van der Waals surface area contributed by atoms with Crippen molar-refractivity contribution in [3.63, 3.8) is 0 Å². The van der Waals surface area contributed by atoms with Gasteiger partial charge < -0.3 is 19.9 Å². The molecule has 2 amide bonds. The van der Waals surface area contributed by atoms with E-state index in [2.05, 4.69) is 27.5 Å². The number of hydrogen-bond donors (Lipinski definition) is 2. The van der Waals surface area contributed by atoms with Gasteiger partial charge in [-0.3, -0.25) is 0 Å². The molecule has 4 aromatic rings. The second-order valence-electron chi connectivity index (χ2n) is 6.52. The van der Waals surface area contributed by atoms with Crippen molar-refractivity contribution >= 4 is 17.4 Å². The summed E-state index contributed by atoms with van der Waals surface area (Å²) >= 11 is 0. The van der Waals surface area contributed by atoms with Crippen LogP contribution in [0, 0.1) is 0 Å². The van der Waals surface area contributed by atoms with Crippen LogP contribution in [0.2, 0.25) is 0 Å². The van der Waals surface area contributed by atoms with Crippen LogP contribution in [-0.4, -0.2) is 20.6 Å². The van der Waals surface area contributed by atoms with E-state index in [4.69, 9.17) is 4.74 Å². The van der Waals surface area contributed by atoms with E-state index in [-0.39, 0.29) is 6.03 Å². The van der Waals surface area contributed by atoms with E-state index < -0.39 is 0 Å². The van der Waals surface area contributed by atoms with Crippen LogP contribution in [0.5, 0.6) is 11.6 Å². The average Bonchev–Trinajstić information content (AvgIpc) is 3.31. The van der Waals surface area contributed by atoms with Gasteiger partial charge in [0.1, 0.15) is 17.9 Å². The second-order valence-corrected chi connectivity index (χ2v) is 6.52. The monoisotopic (exact) mass is 399 g/mol. The summed E-state index contributed by atoms with van der Waals surface area (Å²) in [5.74, 6) is 1.75. The van der Waals surface area contributed by atoms with Crippen molar-refractivity contribution in [1.82, 2.24) is 14.5 Å². The Morgan fingerprint density at radius 1 is 0.967 bits per heavy atom. The topological polar surface area (TPSA) is 81.1 Å². The number of nitrogens with one attached hydrogen (secondary N) is 2. The molecule has 0 aliphatic heterocycles. The minimum atomic E-state index is -0.295. The molecule has 4 rings (SSSR count). The first-order valence-electron chi connectivity index (χ1n) is 9.60. The number of ether oxygens (including phenoxy) is 1. The fourth-order valence-electron chi connectivity index (χ4n) is 2.98. The van der Waals surface area contributed by atoms with Gasteiger partial charge >= 0.3 is 6.03 Å². The van der Waals surface area contributed by atoms with Crippen molar-refractivity contribution in [2.24, 2.45) is 0 Å². The number of benzene rings is 2. The highest BCUT2D eigenvalue weighted by Gasteiger charge is 2.07. The summed E-state index contributed by atoms with van der Waals surface area (Å²) in [5.41, 5.74) is 2.55. The van der Waals surface area contributed by atoms with Gasteiger partial charge in [0.05, 0.1) is 0 Å². The van der Waals surface area contributed by atoms with Crippen molar-refractivity contribution < 1.29 is 9.53 Å². The van der Waals surface area contributed by atoms with E-state index in [0.29, 0.717) is 23.1 Å². The predicted molar refractivity (Wildman–Crippen MR) is 116 cm³/mol. The number of urea groups is 1. The number of hydrogen-bond acceptors (Lipinski definition) is 4. The first-order chi connectivity index (χ1) is 14.7. The first kappa shape index (κ1) is 19.2. The molecule has 0 bridgehead atoms. The molecule has 7 heteroatoms. The number of carbonyl (C=O) groups excluding carboxylic acids is 1. The Morgan fingerprint density at radius 2 is 1.73 bits per heavy atom. The molecule has 2 heterocycles. The lowest BCUT2D eigenvalue weighted by Crippen LogP contribution is -2.20. The highest BCUT2D eigenvalue weighted by atomic mass is 16.5. The third-order valence-electron chi connectivity index (χ3n) is 4.48. The number of amides is 2. The lowest BCUT2D eigenvalue weighted by Gasteiger charge is -2.11. The number of aromatic nitrogens is 3. The van der Waals surface area contributed by atoms with Crippen molar-refractivity contribution in [1.29, 1.82) is 0 Å². The molecule has 0 aliphatic rings. The van der Waals surface area contributed by atoms with E-state index in [1.165, 1.54) is 6.33 Å². The molecule has 0 atom stereocenters. The van der Waals surface area contributed by atoms with Crippen LogP contribution < -0.4 is 15.4 Å². The first-order valence-corrected chi connectivity index (χ1v) is 9.60. The number of para-hydroxylation sites is 1. The second kappa shape index (κ2) is 8.91. The van der Waals surface area contributed by atoms with Crippen LogP contribution in [-0.2, 0) is 6.42 Å². The molecule has 0 radical (unpaired) electrons. The highest BCUT2D eigenvalue weighted by molar-refractivity contribution is 6.00. The SMILES string of the molecule is CCc1ccccc1NC(=O)Nc1ccc(Oc2cc(-n3cccc3)ncn2)cc1. The molecular weight excluding hydrogens is 378 g/mol. The molecular formula is C23H21N5O2. The van der Waals surface area contributed by atoms with Gasteiger partial charge in [0.25, 0.3) is 0 Å². The summed E-state index contributed by atoms with van der Waals surface area (Å²) in [6.45, 7) is 2.05. The summed E-state index contributed by atoms with van der Waals surface area (Å²) < 4.78 is 7.68. The number of anilines is 2. The molecule has 7 nitrogen and oxygen atoms in total. The van der Waals surface area contributed by atoms with Gasteiger partial charge in [-0.25, -0.2) is 14.8 Å². The molecule has 150 valence electrons. The van der Waals surface area contributed by atoms with Crippen LogP contribution in [0.15, 0.2) is 85.5 Å². The normalized spacial score (nSPS) is 10.4. The van der Waals surface area contributed by atoms with E-state index in [9.17, 15) is 4.79 Å². The minimum Gasteiger partial charge on any atom is -0.439 e. The Labute approximate surface area is 174 Å². The standard InChI is InChI=1S/C23H21N5O2/c1-2-17-7-3-4-8-20(17)27-23(29)26-18-9-11-19(12-10-18)30-22-15-21(24-16-25-22)28-13-5-6-14-28/h3-16H,2H2,1H3,(H2,26,27,29). The maximum Gasteiger partial charge on any atom is 0.323 e. The van der Waals surface area contributed by atoms with E-state index in [0.717, 1.165) is 17.7 Å². The fourth-order valence-corrected chi connectivity index (χ4v) is 2.98. The van der Waals surface area contributed by atoms with Gasteiger partial charge in [0.15, 0.2) is 0 Å². The van der Waals surface area contributed by atoms with E-state index >= 15 is 0 Å². The molecule has 2 N–H and O–H groups in total. The molecule has 0 fully saturated rings. The van der Waals surface area contributed by atoms with Gasteiger partial charge in [-0.1, -0.05) is 25.1 Å². The van der Waals surface area contributed by atoms with Crippen LogP contribution in [0.1, 0.15) is 12.5 Å². The highest BCUT2D eigenvalue weighted by Crippen LogP contribution is 2.23. The van der Waals surface area contributed by atoms with Crippen molar-refractivity contribution in [3.05, 3.63) is 91.0 Å². The zero-order valence-electron chi connectivity index (χ0n) is 16.4.